The minimum absolute atomic E-state index is 0.0388. The molecule has 5 rings (SSSR count). The van der Waals surface area contributed by atoms with Crippen LogP contribution in [0.15, 0.2) is 24.4 Å². The van der Waals surface area contributed by atoms with E-state index in [0.717, 1.165) is 23.9 Å². The Bertz CT molecular complexity index is 1350. The van der Waals surface area contributed by atoms with Gasteiger partial charge in [0.2, 0.25) is 0 Å². The van der Waals surface area contributed by atoms with Gasteiger partial charge < -0.3 is 10.2 Å². The van der Waals surface area contributed by atoms with Crippen LogP contribution in [0.2, 0.25) is 0 Å². The van der Waals surface area contributed by atoms with Crippen molar-refractivity contribution in [2.75, 3.05) is 11.9 Å². The molecule has 3 aliphatic rings. The Morgan fingerprint density at radius 2 is 1.91 bits per heavy atom. The average Bonchev–Trinajstić information content (AvgIpc) is 3.53. The topological polar surface area (TPSA) is 89.3 Å². The quantitative estimate of drug-likeness (QED) is 0.512. The van der Waals surface area contributed by atoms with Crippen molar-refractivity contribution in [3.8, 4) is 6.07 Å². The molecule has 1 saturated carbocycles. The molecule has 1 aromatic carbocycles. The smallest absolute Gasteiger partial charge is 0.355 e. The molecular formula is C23H17F4N5O2S. The summed E-state index contributed by atoms with van der Waals surface area (Å²) in [6, 6.07) is 4.67. The van der Waals surface area contributed by atoms with Gasteiger partial charge in [0, 0.05) is 25.9 Å². The van der Waals surface area contributed by atoms with Gasteiger partial charge in [0.25, 0.3) is 11.8 Å². The number of halogens is 4. The molecule has 2 amide bonds. The first kappa shape index (κ1) is 23.2. The Morgan fingerprint density at radius 1 is 1.26 bits per heavy atom. The largest absolute Gasteiger partial charge is 0.419 e. The predicted octanol–water partition coefficient (Wildman–Crippen LogP) is 3.10. The van der Waals surface area contributed by atoms with Crippen molar-refractivity contribution in [1.29, 1.82) is 5.26 Å². The second kappa shape index (κ2) is 7.71. The number of amides is 2. The molecule has 1 aromatic heterocycles. The summed E-state index contributed by atoms with van der Waals surface area (Å²) in [4.78, 5) is 32.3. The molecule has 0 radical (unpaired) electrons. The van der Waals surface area contributed by atoms with E-state index < -0.39 is 40.6 Å². The molecule has 1 N–H and O–H groups in total. The van der Waals surface area contributed by atoms with Crippen LogP contribution in [-0.4, -0.2) is 45.4 Å². The minimum atomic E-state index is -4.86. The lowest BCUT2D eigenvalue weighted by Gasteiger charge is -2.32. The molecule has 1 unspecified atom stereocenters. The summed E-state index contributed by atoms with van der Waals surface area (Å²) in [5, 5.41) is 11.5. The number of hydrogen-bond acceptors (Lipinski definition) is 5. The zero-order chi connectivity index (χ0) is 25.3. The van der Waals surface area contributed by atoms with Gasteiger partial charge in [-0.2, -0.15) is 18.4 Å². The van der Waals surface area contributed by atoms with E-state index in [1.165, 1.54) is 25.2 Å². The van der Waals surface area contributed by atoms with Crippen LogP contribution in [0.4, 0.5) is 23.2 Å². The van der Waals surface area contributed by atoms with E-state index in [1.807, 2.05) is 0 Å². The fraction of sp³-hybridized carbons (Fsp3) is 0.348. The van der Waals surface area contributed by atoms with Crippen LogP contribution in [0.5, 0.6) is 0 Å². The number of carbonyl (C=O) groups is 2. The van der Waals surface area contributed by atoms with Crippen molar-refractivity contribution in [2.24, 2.45) is 0 Å². The number of benzene rings is 1. The molecule has 0 bridgehead atoms. The van der Waals surface area contributed by atoms with Crippen LogP contribution in [-0.2, 0) is 23.8 Å². The first-order chi connectivity index (χ1) is 16.5. The monoisotopic (exact) mass is 503 g/mol. The van der Waals surface area contributed by atoms with E-state index in [9.17, 15) is 27.2 Å². The highest BCUT2D eigenvalue weighted by Crippen LogP contribution is 2.48. The number of alkyl halides is 3. The molecule has 1 saturated heterocycles. The van der Waals surface area contributed by atoms with Crippen molar-refractivity contribution in [3.63, 3.8) is 0 Å². The van der Waals surface area contributed by atoms with E-state index in [-0.39, 0.29) is 35.2 Å². The third-order valence-electron chi connectivity index (χ3n) is 6.64. The van der Waals surface area contributed by atoms with Gasteiger partial charge in [0.1, 0.15) is 17.4 Å². The number of nitriles is 1. The lowest BCUT2D eigenvalue weighted by Crippen LogP contribution is -2.51. The van der Waals surface area contributed by atoms with Gasteiger partial charge in [-0.15, -0.1) is 0 Å². The molecule has 180 valence electrons. The first-order valence-corrected chi connectivity index (χ1v) is 11.1. The maximum atomic E-state index is 14.6. The lowest BCUT2D eigenvalue weighted by molar-refractivity contribution is -0.138. The summed E-state index contributed by atoms with van der Waals surface area (Å²) in [5.74, 6) is -1.88. The number of anilines is 1. The van der Waals surface area contributed by atoms with Gasteiger partial charge in [0.05, 0.1) is 23.0 Å². The standard InChI is InChI=1S/C23H17F4N5O2S/c1-29-19(33)15-4-11-7-22(8-12(11)5-17(15)24)20(34)31(21(35)32(22)13-2-3-13)14-6-16(23(25,26)27)18(9-28)30-10-14/h4-6,10,13H,2-3,7-8H2,1H3,(H,29,33). The summed E-state index contributed by atoms with van der Waals surface area (Å²) in [6.07, 6.45) is -2.13. The molecule has 2 heterocycles. The van der Waals surface area contributed by atoms with E-state index in [4.69, 9.17) is 17.5 Å². The highest BCUT2D eigenvalue weighted by Gasteiger charge is 2.61. The summed E-state index contributed by atoms with van der Waals surface area (Å²) in [5.41, 5.74) is -2.53. The zero-order valence-electron chi connectivity index (χ0n) is 18.2. The number of rotatable bonds is 3. The van der Waals surface area contributed by atoms with Crippen LogP contribution in [0.1, 0.15) is 45.6 Å². The number of hydrogen-bond donors (Lipinski definition) is 1. The van der Waals surface area contributed by atoms with Crippen LogP contribution >= 0.6 is 12.2 Å². The normalized spacial score (nSPS) is 21.5. The summed E-state index contributed by atoms with van der Waals surface area (Å²) >= 11 is 5.59. The third-order valence-corrected chi connectivity index (χ3v) is 7.02. The molecular weight excluding hydrogens is 486 g/mol. The number of fused-ring (bicyclic) bond motifs is 1. The molecule has 2 fully saturated rings. The SMILES string of the molecule is CNC(=O)c1cc2c(cc1F)CC1(C2)C(=O)N(c2cnc(C#N)c(C(F)(F)F)c2)C(=S)N1C1CC1. The minimum Gasteiger partial charge on any atom is -0.355 e. The van der Waals surface area contributed by atoms with Crippen molar-refractivity contribution in [1.82, 2.24) is 15.2 Å². The fourth-order valence-electron chi connectivity index (χ4n) is 4.95. The maximum Gasteiger partial charge on any atom is 0.419 e. The van der Waals surface area contributed by atoms with Gasteiger partial charge in [-0.05, 0) is 54.4 Å². The van der Waals surface area contributed by atoms with Crippen LogP contribution < -0.4 is 10.2 Å². The van der Waals surface area contributed by atoms with Crippen molar-refractivity contribution < 1.29 is 27.2 Å². The third kappa shape index (κ3) is 3.44. The van der Waals surface area contributed by atoms with Gasteiger partial charge in [0.15, 0.2) is 10.8 Å². The molecule has 1 spiro atoms. The number of nitrogens with zero attached hydrogens (tertiary/aromatic N) is 4. The van der Waals surface area contributed by atoms with Crippen molar-refractivity contribution in [2.45, 2.75) is 43.4 Å². The Labute approximate surface area is 202 Å². The molecule has 12 heteroatoms. The summed E-state index contributed by atoms with van der Waals surface area (Å²) in [7, 11) is 1.38. The van der Waals surface area contributed by atoms with Crippen LogP contribution in [0.25, 0.3) is 0 Å². The van der Waals surface area contributed by atoms with E-state index in [0.29, 0.717) is 17.2 Å². The second-order valence-electron chi connectivity index (χ2n) is 8.79. The lowest BCUT2D eigenvalue weighted by atomic mass is 9.93. The Morgan fingerprint density at radius 3 is 2.49 bits per heavy atom. The van der Waals surface area contributed by atoms with Gasteiger partial charge >= 0.3 is 6.18 Å². The van der Waals surface area contributed by atoms with E-state index >= 15 is 0 Å². The predicted molar refractivity (Wildman–Crippen MR) is 119 cm³/mol. The van der Waals surface area contributed by atoms with E-state index in [1.54, 1.807) is 4.90 Å². The fourth-order valence-corrected chi connectivity index (χ4v) is 5.46. The summed E-state index contributed by atoms with van der Waals surface area (Å²) < 4.78 is 55.3. The number of aromatic nitrogens is 1. The number of carbonyl (C=O) groups excluding carboxylic acids is 2. The van der Waals surface area contributed by atoms with Gasteiger partial charge in [-0.3, -0.25) is 14.5 Å². The second-order valence-corrected chi connectivity index (χ2v) is 9.15. The average molecular weight is 503 g/mol. The molecule has 7 nitrogen and oxygen atoms in total. The molecule has 1 atom stereocenters. The molecule has 1 aliphatic heterocycles. The Balaban J connectivity index is 1.59. The van der Waals surface area contributed by atoms with Crippen LogP contribution in [0, 0.1) is 17.1 Å². The zero-order valence-corrected chi connectivity index (χ0v) is 19.1. The van der Waals surface area contributed by atoms with Crippen LogP contribution in [0.3, 0.4) is 0 Å². The maximum absolute atomic E-state index is 14.6. The first-order valence-electron chi connectivity index (χ1n) is 10.7. The molecule has 2 aromatic rings. The van der Waals surface area contributed by atoms with E-state index in [2.05, 4.69) is 10.3 Å². The van der Waals surface area contributed by atoms with Gasteiger partial charge in [-0.25, -0.2) is 9.37 Å². The highest BCUT2D eigenvalue weighted by molar-refractivity contribution is 7.80. The summed E-state index contributed by atoms with van der Waals surface area (Å²) in [6.45, 7) is 0. The Kier molecular flexibility index (Phi) is 5.10. The number of thiocarbonyl (C=S) groups is 1. The number of pyridine rings is 1. The highest BCUT2D eigenvalue weighted by atomic mass is 32.1. The number of nitrogens with one attached hydrogen (secondary N) is 1. The van der Waals surface area contributed by atoms with Crippen molar-refractivity contribution in [3.05, 3.63) is 58.2 Å². The van der Waals surface area contributed by atoms with Gasteiger partial charge in [-0.1, -0.05) is 0 Å². The molecule has 35 heavy (non-hydrogen) atoms. The van der Waals surface area contributed by atoms with Crippen molar-refractivity contribution >= 4 is 34.8 Å². The molecule has 2 aliphatic carbocycles. The Hall–Kier alpha value is -3.59.